The fraction of sp³-hybridized carbons (Fsp3) is 0.345. The molecule has 0 N–H and O–H groups in total. The zero-order valence-corrected chi connectivity index (χ0v) is 19.4. The van der Waals surface area contributed by atoms with Gasteiger partial charge in [0.25, 0.3) is 0 Å². The lowest BCUT2D eigenvalue weighted by atomic mass is 9.54. The summed E-state index contributed by atoms with van der Waals surface area (Å²) in [6, 6.07) is 25.7. The van der Waals surface area contributed by atoms with Crippen LogP contribution in [0.15, 0.2) is 78.9 Å². The minimum absolute atomic E-state index is 0.0796. The maximum absolute atomic E-state index is 12.4. The molecule has 3 aromatic carbocycles. The Morgan fingerprint density at radius 1 is 0.812 bits per heavy atom. The van der Waals surface area contributed by atoms with Crippen LogP contribution in [0, 0.1) is 11.3 Å². The normalized spacial score (nSPS) is 22.2. The van der Waals surface area contributed by atoms with Crippen molar-refractivity contribution in [2.45, 2.75) is 45.4 Å². The molecule has 0 heterocycles. The van der Waals surface area contributed by atoms with Crippen molar-refractivity contribution in [1.82, 2.24) is 0 Å². The number of hydrogen-bond acceptors (Lipinski definition) is 3. The predicted octanol–water partition coefficient (Wildman–Crippen LogP) is 7.05. The van der Waals surface area contributed by atoms with Crippen LogP contribution < -0.4 is 9.47 Å². The molecule has 1 aliphatic carbocycles. The van der Waals surface area contributed by atoms with E-state index in [9.17, 15) is 4.79 Å². The maximum Gasteiger partial charge on any atom is 0.343 e. The average molecular weight is 429 g/mol. The number of ether oxygens (including phenoxy) is 2. The van der Waals surface area contributed by atoms with E-state index < -0.39 is 0 Å². The monoisotopic (exact) mass is 428 g/mol. The Bertz CT molecular complexity index is 1050. The SMILES string of the molecule is COc1ccc(C2(c3ccc(OC(=O)c4ccccc4)cc3)CCC(C)(C)CC2C)cc1. The number of esters is 1. The van der Waals surface area contributed by atoms with Crippen LogP contribution in [-0.2, 0) is 5.41 Å². The molecule has 1 saturated carbocycles. The summed E-state index contributed by atoms with van der Waals surface area (Å²) in [4.78, 5) is 12.4. The van der Waals surface area contributed by atoms with E-state index in [4.69, 9.17) is 9.47 Å². The molecule has 32 heavy (non-hydrogen) atoms. The highest BCUT2D eigenvalue weighted by atomic mass is 16.5. The van der Waals surface area contributed by atoms with Crippen LogP contribution in [0.25, 0.3) is 0 Å². The van der Waals surface area contributed by atoms with E-state index in [-0.39, 0.29) is 11.4 Å². The highest BCUT2D eigenvalue weighted by Gasteiger charge is 2.46. The molecule has 4 rings (SSSR count). The summed E-state index contributed by atoms with van der Waals surface area (Å²) >= 11 is 0. The van der Waals surface area contributed by atoms with E-state index in [1.54, 1.807) is 19.2 Å². The molecular formula is C29H32O3. The van der Waals surface area contributed by atoms with Gasteiger partial charge < -0.3 is 9.47 Å². The molecule has 3 heteroatoms. The number of methoxy groups -OCH3 is 1. The second-order valence-electron chi connectivity index (χ2n) is 9.75. The lowest BCUT2D eigenvalue weighted by molar-refractivity contribution is 0.0734. The topological polar surface area (TPSA) is 35.5 Å². The lowest BCUT2D eigenvalue weighted by Gasteiger charge is -2.49. The molecule has 0 bridgehead atoms. The van der Waals surface area contributed by atoms with E-state index in [0.29, 0.717) is 22.6 Å². The number of carbonyl (C=O) groups excluding carboxylic acids is 1. The first-order chi connectivity index (χ1) is 15.3. The third-order valence-corrected chi connectivity index (χ3v) is 7.09. The van der Waals surface area contributed by atoms with Crippen LogP contribution in [0.2, 0.25) is 0 Å². The predicted molar refractivity (Wildman–Crippen MR) is 128 cm³/mol. The molecule has 3 aromatic rings. The van der Waals surface area contributed by atoms with Gasteiger partial charge in [0.2, 0.25) is 0 Å². The quantitative estimate of drug-likeness (QED) is 0.323. The van der Waals surface area contributed by atoms with Crippen molar-refractivity contribution >= 4 is 5.97 Å². The van der Waals surface area contributed by atoms with E-state index >= 15 is 0 Å². The summed E-state index contributed by atoms with van der Waals surface area (Å²) in [5.74, 6) is 1.57. The lowest BCUT2D eigenvalue weighted by Crippen LogP contribution is -2.42. The Kier molecular flexibility index (Phi) is 6.10. The van der Waals surface area contributed by atoms with Crippen molar-refractivity contribution in [2.24, 2.45) is 11.3 Å². The van der Waals surface area contributed by atoms with Gasteiger partial charge in [-0.05, 0) is 78.1 Å². The third kappa shape index (κ3) is 4.29. The maximum atomic E-state index is 12.4. The van der Waals surface area contributed by atoms with Crippen LogP contribution in [0.3, 0.4) is 0 Å². The Morgan fingerprint density at radius 3 is 1.91 bits per heavy atom. The fourth-order valence-corrected chi connectivity index (χ4v) is 5.36. The summed E-state index contributed by atoms with van der Waals surface area (Å²) in [5.41, 5.74) is 3.39. The average Bonchev–Trinajstić information content (AvgIpc) is 2.80. The third-order valence-electron chi connectivity index (χ3n) is 7.09. The van der Waals surface area contributed by atoms with Crippen molar-refractivity contribution in [2.75, 3.05) is 7.11 Å². The molecular weight excluding hydrogens is 396 g/mol. The van der Waals surface area contributed by atoms with Crippen LogP contribution in [-0.4, -0.2) is 13.1 Å². The first-order valence-electron chi connectivity index (χ1n) is 11.4. The van der Waals surface area contributed by atoms with Crippen molar-refractivity contribution in [3.63, 3.8) is 0 Å². The van der Waals surface area contributed by atoms with Crippen molar-refractivity contribution in [1.29, 1.82) is 0 Å². The van der Waals surface area contributed by atoms with Gasteiger partial charge in [0, 0.05) is 5.41 Å². The minimum Gasteiger partial charge on any atom is -0.497 e. The van der Waals surface area contributed by atoms with Gasteiger partial charge in [0.05, 0.1) is 12.7 Å². The smallest absolute Gasteiger partial charge is 0.343 e. The number of hydrogen-bond donors (Lipinski definition) is 0. The number of rotatable bonds is 5. The number of benzene rings is 3. The minimum atomic E-state index is -0.337. The molecule has 2 unspecified atom stereocenters. The van der Waals surface area contributed by atoms with Crippen LogP contribution in [0.4, 0.5) is 0 Å². The van der Waals surface area contributed by atoms with E-state index in [2.05, 4.69) is 57.2 Å². The van der Waals surface area contributed by atoms with Gasteiger partial charge in [0.15, 0.2) is 0 Å². The Hall–Kier alpha value is -3.07. The summed E-state index contributed by atoms with van der Waals surface area (Å²) < 4.78 is 11.0. The van der Waals surface area contributed by atoms with E-state index in [1.807, 2.05) is 30.3 Å². The van der Waals surface area contributed by atoms with Gasteiger partial charge in [-0.2, -0.15) is 0 Å². The zero-order chi connectivity index (χ0) is 22.8. The summed E-state index contributed by atoms with van der Waals surface area (Å²) in [7, 11) is 1.70. The fourth-order valence-electron chi connectivity index (χ4n) is 5.36. The Morgan fingerprint density at radius 2 is 1.38 bits per heavy atom. The number of carbonyl (C=O) groups is 1. The van der Waals surface area contributed by atoms with Crippen molar-refractivity contribution in [3.05, 3.63) is 95.6 Å². The first kappa shape index (κ1) is 22.1. The second-order valence-corrected chi connectivity index (χ2v) is 9.75. The van der Waals surface area contributed by atoms with Gasteiger partial charge in [0.1, 0.15) is 11.5 Å². The molecule has 0 aliphatic heterocycles. The standard InChI is InChI=1S/C29H32O3/c1-21-20-28(2,3)18-19-29(21,23-10-14-25(31-4)15-11-23)24-12-16-26(17-13-24)32-27(30)22-8-6-5-7-9-22/h5-17,21H,18-20H2,1-4H3. The molecule has 0 amide bonds. The molecule has 1 aliphatic rings. The molecule has 2 atom stereocenters. The molecule has 3 nitrogen and oxygen atoms in total. The second kappa shape index (κ2) is 8.82. The van der Waals surface area contributed by atoms with Crippen LogP contribution in [0.5, 0.6) is 11.5 Å². The summed E-state index contributed by atoms with van der Waals surface area (Å²) in [6.07, 6.45) is 3.40. The molecule has 0 radical (unpaired) electrons. The molecule has 0 spiro atoms. The van der Waals surface area contributed by atoms with Crippen molar-refractivity contribution < 1.29 is 14.3 Å². The molecule has 0 saturated heterocycles. The van der Waals surface area contributed by atoms with Crippen LogP contribution >= 0.6 is 0 Å². The highest BCUT2D eigenvalue weighted by Crippen LogP contribution is 2.54. The van der Waals surface area contributed by atoms with Gasteiger partial charge in [-0.15, -0.1) is 0 Å². The zero-order valence-electron chi connectivity index (χ0n) is 19.4. The van der Waals surface area contributed by atoms with E-state index in [0.717, 1.165) is 25.0 Å². The first-order valence-corrected chi connectivity index (χ1v) is 11.4. The van der Waals surface area contributed by atoms with Gasteiger partial charge in [-0.1, -0.05) is 63.2 Å². The van der Waals surface area contributed by atoms with Gasteiger partial charge in [-0.25, -0.2) is 4.79 Å². The van der Waals surface area contributed by atoms with Crippen molar-refractivity contribution in [3.8, 4) is 11.5 Å². The highest BCUT2D eigenvalue weighted by molar-refractivity contribution is 5.90. The Labute approximate surface area is 191 Å². The molecule has 166 valence electrons. The van der Waals surface area contributed by atoms with Gasteiger partial charge in [-0.3, -0.25) is 0 Å². The molecule has 0 aromatic heterocycles. The molecule has 1 fully saturated rings. The van der Waals surface area contributed by atoms with Gasteiger partial charge >= 0.3 is 5.97 Å². The Balaban J connectivity index is 1.66. The summed E-state index contributed by atoms with van der Waals surface area (Å²) in [6.45, 7) is 7.11. The van der Waals surface area contributed by atoms with E-state index in [1.165, 1.54) is 11.1 Å². The van der Waals surface area contributed by atoms with Crippen LogP contribution in [0.1, 0.15) is 61.5 Å². The summed E-state index contributed by atoms with van der Waals surface area (Å²) in [5, 5.41) is 0. The largest absolute Gasteiger partial charge is 0.497 e.